The molecule has 2 aromatic carbocycles. The Morgan fingerprint density at radius 2 is 1.89 bits per heavy atom. The first-order valence-corrected chi connectivity index (χ1v) is 11.5. The lowest BCUT2D eigenvalue weighted by Crippen LogP contribution is -2.31. The molecule has 1 aromatic heterocycles. The number of hydrogen-bond acceptors (Lipinski definition) is 6. The molecule has 1 atom stereocenters. The Bertz CT molecular complexity index is 1220. The number of methoxy groups -OCH3 is 1. The molecule has 35 heavy (non-hydrogen) atoms. The minimum absolute atomic E-state index is 0.0535. The highest BCUT2D eigenvalue weighted by atomic mass is 16.5. The van der Waals surface area contributed by atoms with E-state index in [9.17, 15) is 14.7 Å². The normalized spacial score (nSPS) is 17.1. The Labute approximate surface area is 204 Å². The Morgan fingerprint density at radius 1 is 1.09 bits per heavy atom. The van der Waals surface area contributed by atoms with E-state index in [0.29, 0.717) is 43.1 Å². The Hall–Kier alpha value is -3.97. The van der Waals surface area contributed by atoms with Crippen LogP contribution in [0.1, 0.15) is 34.7 Å². The van der Waals surface area contributed by atoms with E-state index in [1.165, 1.54) is 4.90 Å². The maximum atomic E-state index is 13.1. The van der Waals surface area contributed by atoms with Crippen molar-refractivity contribution in [3.05, 3.63) is 101 Å². The molecule has 1 aliphatic rings. The standard InChI is InChI=1S/C28H28N2O5/c1-19-16-21(11-12-23(19)35-18-20-8-4-3-5-9-20)26(31)24-25(22-10-6-13-29-17-22)30(14-7-15-34-2)28(33)27(24)32/h3-6,8-13,16-17,25,31H,7,14-15,18H2,1-2H3/b26-24-. The van der Waals surface area contributed by atoms with E-state index < -0.39 is 17.7 Å². The van der Waals surface area contributed by atoms with E-state index in [4.69, 9.17) is 9.47 Å². The molecule has 1 amide bonds. The monoisotopic (exact) mass is 472 g/mol. The van der Waals surface area contributed by atoms with Gasteiger partial charge in [-0.2, -0.15) is 0 Å². The molecule has 2 heterocycles. The van der Waals surface area contributed by atoms with Gasteiger partial charge in [0.05, 0.1) is 11.6 Å². The summed E-state index contributed by atoms with van der Waals surface area (Å²) < 4.78 is 11.0. The zero-order chi connectivity index (χ0) is 24.8. The number of aliphatic hydroxyl groups is 1. The molecule has 0 bridgehead atoms. The Morgan fingerprint density at radius 3 is 2.57 bits per heavy atom. The third-order valence-electron chi connectivity index (χ3n) is 5.97. The van der Waals surface area contributed by atoms with Crippen molar-refractivity contribution in [3.63, 3.8) is 0 Å². The SMILES string of the molecule is COCCCN1C(=O)C(=O)/C(=C(\O)c2ccc(OCc3ccccc3)c(C)c2)C1c1cccnc1. The van der Waals surface area contributed by atoms with Gasteiger partial charge in [-0.15, -0.1) is 0 Å². The Balaban J connectivity index is 1.66. The van der Waals surface area contributed by atoms with E-state index >= 15 is 0 Å². The maximum absolute atomic E-state index is 13.1. The van der Waals surface area contributed by atoms with Crippen molar-refractivity contribution in [1.82, 2.24) is 9.88 Å². The predicted molar refractivity (Wildman–Crippen MR) is 132 cm³/mol. The van der Waals surface area contributed by atoms with Gasteiger partial charge in [0.2, 0.25) is 0 Å². The van der Waals surface area contributed by atoms with Gasteiger partial charge in [-0.05, 0) is 54.3 Å². The second kappa shape index (κ2) is 11.0. The molecule has 1 fully saturated rings. The van der Waals surface area contributed by atoms with Crippen LogP contribution < -0.4 is 4.74 Å². The number of benzene rings is 2. The second-order valence-electron chi connectivity index (χ2n) is 8.38. The van der Waals surface area contributed by atoms with Crippen LogP contribution in [0, 0.1) is 6.92 Å². The fourth-order valence-corrected chi connectivity index (χ4v) is 4.22. The van der Waals surface area contributed by atoms with Crippen molar-refractivity contribution >= 4 is 17.4 Å². The van der Waals surface area contributed by atoms with Crippen molar-refractivity contribution in [2.75, 3.05) is 20.3 Å². The minimum atomic E-state index is -0.727. The highest BCUT2D eigenvalue weighted by molar-refractivity contribution is 6.46. The number of aryl methyl sites for hydroxylation is 1. The van der Waals surface area contributed by atoms with E-state index in [1.54, 1.807) is 49.8 Å². The first kappa shape index (κ1) is 24.2. The van der Waals surface area contributed by atoms with Gasteiger partial charge in [-0.3, -0.25) is 14.6 Å². The molecule has 1 unspecified atom stereocenters. The van der Waals surface area contributed by atoms with E-state index in [2.05, 4.69) is 4.98 Å². The molecule has 0 radical (unpaired) electrons. The largest absolute Gasteiger partial charge is 0.507 e. The number of Topliss-reactive ketones (excluding diaryl/α,β-unsaturated/α-hetero) is 1. The van der Waals surface area contributed by atoms with Crippen LogP contribution in [-0.2, 0) is 20.9 Å². The summed E-state index contributed by atoms with van der Waals surface area (Å²) in [5.41, 5.74) is 3.00. The third kappa shape index (κ3) is 5.25. The molecule has 180 valence electrons. The number of ketones is 1. The average Bonchev–Trinajstić information content (AvgIpc) is 3.14. The molecule has 0 spiro atoms. The molecule has 7 heteroatoms. The number of pyridine rings is 1. The van der Waals surface area contributed by atoms with Crippen LogP contribution in [0.5, 0.6) is 5.75 Å². The van der Waals surface area contributed by atoms with Gasteiger partial charge >= 0.3 is 0 Å². The first-order chi connectivity index (χ1) is 17.0. The fourth-order valence-electron chi connectivity index (χ4n) is 4.22. The van der Waals surface area contributed by atoms with Crippen molar-refractivity contribution in [2.45, 2.75) is 26.0 Å². The number of aliphatic hydroxyl groups excluding tert-OH is 1. The third-order valence-corrected chi connectivity index (χ3v) is 5.97. The molecular weight excluding hydrogens is 444 g/mol. The van der Waals surface area contributed by atoms with Crippen LogP contribution in [-0.4, -0.2) is 46.9 Å². The zero-order valence-electron chi connectivity index (χ0n) is 19.8. The summed E-state index contributed by atoms with van der Waals surface area (Å²) in [6.07, 6.45) is 3.80. The van der Waals surface area contributed by atoms with Crippen LogP contribution in [0.4, 0.5) is 0 Å². The summed E-state index contributed by atoms with van der Waals surface area (Å²) >= 11 is 0. The lowest BCUT2D eigenvalue weighted by molar-refractivity contribution is -0.140. The molecule has 7 nitrogen and oxygen atoms in total. The van der Waals surface area contributed by atoms with Crippen LogP contribution in [0.25, 0.3) is 5.76 Å². The van der Waals surface area contributed by atoms with Crippen molar-refractivity contribution in [3.8, 4) is 5.75 Å². The summed E-state index contributed by atoms with van der Waals surface area (Å²) in [5.74, 6) is -0.898. The zero-order valence-corrected chi connectivity index (χ0v) is 19.8. The van der Waals surface area contributed by atoms with E-state index in [-0.39, 0.29) is 11.3 Å². The van der Waals surface area contributed by atoms with Gasteiger partial charge in [-0.1, -0.05) is 36.4 Å². The van der Waals surface area contributed by atoms with Crippen molar-refractivity contribution in [2.24, 2.45) is 0 Å². The summed E-state index contributed by atoms with van der Waals surface area (Å²) in [4.78, 5) is 31.6. The van der Waals surface area contributed by atoms with Crippen LogP contribution >= 0.6 is 0 Å². The predicted octanol–water partition coefficient (Wildman–Crippen LogP) is 4.43. The number of ether oxygens (including phenoxy) is 2. The number of rotatable bonds is 9. The van der Waals surface area contributed by atoms with Gasteiger partial charge in [0.15, 0.2) is 0 Å². The number of amides is 1. The van der Waals surface area contributed by atoms with Crippen LogP contribution in [0.15, 0.2) is 78.6 Å². The molecule has 1 aliphatic heterocycles. The van der Waals surface area contributed by atoms with Crippen molar-refractivity contribution in [1.29, 1.82) is 0 Å². The van der Waals surface area contributed by atoms with Gasteiger partial charge in [0.1, 0.15) is 18.1 Å². The smallest absolute Gasteiger partial charge is 0.295 e. The molecule has 4 rings (SSSR count). The molecule has 0 saturated carbocycles. The van der Waals surface area contributed by atoms with Gasteiger partial charge in [-0.25, -0.2) is 0 Å². The molecule has 1 saturated heterocycles. The number of nitrogens with zero attached hydrogens (tertiary/aromatic N) is 2. The number of hydrogen-bond donors (Lipinski definition) is 1. The number of carbonyl (C=O) groups excluding carboxylic acids is 2. The number of likely N-dealkylation sites (tertiary alicyclic amines) is 1. The minimum Gasteiger partial charge on any atom is -0.507 e. The van der Waals surface area contributed by atoms with E-state index in [0.717, 1.165) is 11.1 Å². The second-order valence-corrected chi connectivity index (χ2v) is 8.38. The van der Waals surface area contributed by atoms with Crippen LogP contribution in [0.2, 0.25) is 0 Å². The van der Waals surface area contributed by atoms with Crippen LogP contribution in [0.3, 0.4) is 0 Å². The Kier molecular flexibility index (Phi) is 7.57. The number of aromatic nitrogens is 1. The average molecular weight is 473 g/mol. The summed E-state index contributed by atoms with van der Waals surface area (Å²) in [6, 6.07) is 17.9. The summed E-state index contributed by atoms with van der Waals surface area (Å²) in [7, 11) is 1.59. The number of carbonyl (C=O) groups is 2. The summed E-state index contributed by atoms with van der Waals surface area (Å²) in [6.45, 7) is 3.06. The van der Waals surface area contributed by atoms with Gasteiger partial charge in [0, 0.05) is 38.2 Å². The van der Waals surface area contributed by atoms with Crippen molar-refractivity contribution < 1.29 is 24.2 Å². The molecule has 1 N–H and O–H groups in total. The van der Waals surface area contributed by atoms with Gasteiger partial charge < -0.3 is 19.5 Å². The lowest BCUT2D eigenvalue weighted by Gasteiger charge is -2.25. The summed E-state index contributed by atoms with van der Waals surface area (Å²) in [5, 5.41) is 11.2. The van der Waals surface area contributed by atoms with E-state index in [1.807, 2.05) is 37.3 Å². The fraction of sp³-hybridized carbons (Fsp3) is 0.250. The first-order valence-electron chi connectivity index (χ1n) is 11.5. The quantitative estimate of drug-likeness (QED) is 0.215. The maximum Gasteiger partial charge on any atom is 0.295 e. The molecule has 3 aromatic rings. The molecular formula is C28H28N2O5. The van der Waals surface area contributed by atoms with Gasteiger partial charge in [0.25, 0.3) is 11.7 Å². The highest BCUT2D eigenvalue weighted by Gasteiger charge is 2.45. The topological polar surface area (TPSA) is 89.0 Å². The lowest BCUT2D eigenvalue weighted by atomic mass is 9.95. The molecule has 0 aliphatic carbocycles. The highest BCUT2D eigenvalue weighted by Crippen LogP contribution is 2.39.